The average Bonchev–Trinajstić information content (AvgIpc) is 2.40. The maximum atomic E-state index is 12.0. The molecule has 1 amide bonds. The Hall–Kier alpha value is -1.62. The minimum Gasteiger partial charge on any atom is -0.430 e. The van der Waals surface area contributed by atoms with Crippen LogP contribution >= 0.6 is 0 Å². The van der Waals surface area contributed by atoms with Crippen molar-refractivity contribution in [3.63, 3.8) is 0 Å². The Morgan fingerprint density at radius 2 is 2.06 bits per heavy atom. The van der Waals surface area contributed by atoms with Crippen LogP contribution in [0, 0.1) is 0 Å². The highest BCUT2D eigenvalue weighted by atomic mass is 16.4. The number of amides is 1. The van der Waals surface area contributed by atoms with Crippen molar-refractivity contribution >= 4 is 5.91 Å². The van der Waals surface area contributed by atoms with E-state index in [2.05, 4.69) is 9.73 Å². The summed E-state index contributed by atoms with van der Waals surface area (Å²) in [6, 6.07) is 2.64. The molecule has 0 aliphatic heterocycles. The van der Waals surface area contributed by atoms with Gasteiger partial charge in [0.05, 0.1) is 17.7 Å². The van der Waals surface area contributed by atoms with Gasteiger partial charge in [0.1, 0.15) is 6.26 Å². The molecule has 0 atom stereocenters. The Kier molecular flexibility index (Phi) is 3.81. The summed E-state index contributed by atoms with van der Waals surface area (Å²) in [7, 11) is 0. The first-order valence-corrected chi connectivity index (χ1v) is 6.17. The van der Waals surface area contributed by atoms with Gasteiger partial charge in [-0.05, 0) is 18.9 Å². The van der Waals surface area contributed by atoms with E-state index in [1.54, 1.807) is 0 Å². The number of aliphatic hydroxyl groups is 1. The van der Waals surface area contributed by atoms with Crippen LogP contribution in [0.25, 0.3) is 0 Å². The molecular weight excluding hydrogens is 234 g/mol. The molecule has 5 nitrogen and oxygen atoms in total. The summed E-state index contributed by atoms with van der Waals surface area (Å²) in [5, 5.41) is 12.4. The number of carbonyl (C=O) groups is 1. The lowest BCUT2D eigenvalue weighted by Crippen LogP contribution is -2.52. The van der Waals surface area contributed by atoms with E-state index >= 15 is 0 Å². The molecule has 0 saturated heterocycles. The molecule has 0 radical (unpaired) electrons. The van der Waals surface area contributed by atoms with E-state index in [4.69, 9.17) is 0 Å². The summed E-state index contributed by atoms with van der Waals surface area (Å²) in [4.78, 5) is 22.8. The number of hydrogen-bond acceptors (Lipinski definition) is 4. The molecule has 1 aliphatic carbocycles. The maximum absolute atomic E-state index is 12.0. The van der Waals surface area contributed by atoms with Crippen LogP contribution in [0.5, 0.6) is 0 Å². The molecule has 1 aromatic heterocycles. The predicted octanol–water partition coefficient (Wildman–Crippen LogP) is 1.06. The summed E-state index contributed by atoms with van der Waals surface area (Å²) in [6.45, 7) is -0.0600. The Morgan fingerprint density at radius 1 is 1.33 bits per heavy atom. The van der Waals surface area contributed by atoms with E-state index in [-0.39, 0.29) is 12.5 Å². The van der Waals surface area contributed by atoms with Crippen LogP contribution in [0.4, 0.5) is 0 Å². The van der Waals surface area contributed by atoms with Crippen LogP contribution in [0.3, 0.4) is 0 Å². The number of aliphatic hydroxyl groups excluding tert-OH is 1. The van der Waals surface area contributed by atoms with E-state index in [1.807, 2.05) is 0 Å². The molecule has 1 aromatic rings. The molecular formula is C13H17NO4. The monoisotopic (exact) mass is 251 g/mol. The minimum atomic E-state index is -0.522. The predicted molar refractivity (Wildman–Crippen MR) is 65.3 cm³/mol. The van der Waals surface area contributed by atoms with Gasteiger partial charge >= 0.3 is 5.63 Å². The topological polar surface area (TPSA) is 79.5 Å². The van der Waals surface area contributed by atoms with E-state index in [1.165, 1.54) is 12.1 Å². The second-order valence-corrected chi connectivity index (χ2v) is 4.80. The van der Waals surface area contributed by atoms with Gasteiger partial charge in [0.2, 0.25) is 0 Å². The van der Waals surface area contributed by atoms with Gasteiger partial charge in [-0.15, -0.1) is 0 Å². The second kappa shape index (κ2) is 5.35. The fraction of sp³-hybridized carbons (Fsp3) is 0.538. The van der Waals surface area contributed by atoms with Gasteiger partial charge in [0, 0.05) is 6.07 Å². The van der Waals surface area contributed by atoms with Crippen LogP contribution in [0.15, 0.2) is 27.6 Å². The number of rotatable bonds is 3. The lowest BCUT2D eigenvalue weighted by molar-refractivity contribution is 0.0756. The molecule has 0 bridgehead atoms. The third-order valence-corrected chi connectivity index (χ3v) is 3.46. The number of carbonyl (C=O) groups excluding carboxylic acids is 1. The van der Waals surface area contributed by atoms with Gasteiger partial charge < -0.3 is 14.8 Å². The van der Waals surface area contributed by atoms with E-state index in [9.17, 15) is 14.7 Å². The zero-order chi connectivity index (χ0) is 13.0. The first kappa shape index (κ1) is 12.8. The first-order valence-electron chi connectivity index (χ1n) is 6.17. The molecule has 1 heterocycles. The zero-order valence-electron chi connectivity index (χ0n) is 10.1. The van der Waals surface area contributed by atoms with Crippen molar-refractivity contribution in [1.82, 2.24) is 5.32 Å². The van der Waals surface area contributed by atoms with Crippen LogP contribution in [-0.2, 0) is 0 Å². The van der Waals surface area contributed by atoms with Gasteiger partial charge in [-0.25, -0.2) is 4.79 Å². The molecule has 98 valence electrons. The average molecular weight is 251 g/mol. The van der Waals surface area contributed by atoms with E-state index in [0.717, 1.165) is 38.4 Å². The smallest absolute Gasteiger partial charge is 0.335 e. The number of hydrogen-bond donors (Lipinski definition) is 2. The summed E-state index contributed by atoms with van der Waals surface area (Å²) in [5.74, 6) is -0.310. The van der Waals surface area contributed by atoms with Crippen molar-refractivity contribution in [2.75, 3.05) is 6.61 Å². The highest BCUT2D eigenvalue weighted by Gasteiger charge is 2.33. The van der Waals surface area contributed by atoms with Crippen LogP contribution in [-0.4, -0.2) is 23.2 Å². The molecule has 0 aromatic carbocycles. The lowest BCUT2D eigenvalue weighted by Gasteiger charge is -2.36. The molecule has 18 heavy (non-hydrogen) atoms. The molecule has 5 heteroatoms. The fourth-order valence-corrected chi connectivity index (χ4v) is 2.35. The van der Waals surface area contributed by atoms with Crippen molar-refractivity contribution in [2.45, 2.75) is 37.6 Å². The van der Waals surface area contributed by atoms with Crippen molar-refractivity contribution in [3.05, 3.63) is 34.4 Å². The van der Waals surface area contributed by atoms with Crippen LogP contribution < -0.4 is 10.9 Å². The first-order chi connectivity index (χ1) is 8.65. The molecule has 1 aliphatic rings. The van der Waals surface area contributed by atoms with Crippen LogP contribution in [0.2, 0.25) is 0 Å². The standard InChI is InChI=1S/C13H17NO4/c15-9-13(6-2-1-3-7-13)14-12(17)10-4-5-11(16)18-8-10/h4-5,8,15H,1-3,6-7,9H2,(H,14,17). The van der Waals surface area contributed by atoms with Crippen LogP contribution in [0.1, 0.15) is 42.5 Å². The Bertz CT molecular complexity index is 454. The Morgan fingerprint density at radius 3 is 2.61 bits per heavy atom. The highest BCUT2D eigenvalue weighted by Crippen LogP contribution is 2.28. The summed E-state index contributed by atoms with van der Waals surface area (Å²) in [6.07, 6.45) is 5.86. The zero-order valence-corrected chi connectivity index (χ0v) is 10.1. The van der Waals surface area contributed by atoms with Gasteiger partial charge in [-0.1, -0.05) is 19.3 Å². The van der Waals surface area contributed by atoms with Crippen molar-refractivity contribution in [1.29, 1.82) is 0 Å². The third kappa shape index (κ3) is 2.79. The van der Waals surface area contributed by atoms with Gasteiger partial charge in [-0.3, -0.25) is 4.79 Å². The molecule has 2 N–H and O–H groups in total. The van der Waals surface area contributed by atoms with Gasteiger partial charge in [-0.2, -0.15) is 0 Å². The molecule has 2 rings (SSSR count). The van der Waals surface area contributed by atoms with Gasteiger partial charge in [0.25, 0.3) is 5.91 Å². The Labute approximate surface area is 105 Å². The maximum Gasteiger partial charge on any atom is 0.335 e. The molecule has 1 saturated carbocycles. The summed E-state index contributed by atoms with van der Waals surface area (Å²) < 4.78 is 4.66. The molecule has 1 fully saturated rings. The van der Waals surface area contributed by atoms with Gasteiger partial charge in [0.15, 0.2) is 0 Å². The van der Waals surface area contributed by atoms with E-state index in [0.29, 0.717) is 5.56 Å². The lowest BCUT2D eigenvalue weighted by atomic mass is 9.82. The fourth-order valence-electron chi connectivity index (χ4n) is 2.35. The second-order valence-electron chi connectivity index (χ2n) is 4.80. The third-order valence-electron chi connectivity index (χ3n) is 3.46. The molecule has 0 spiro atoms. The SMILES string of the molecule is O=C(NC1(CO)CCCCC1)c1ccc(=O)oc1. The summed E-state index contributed by atoms with van der Waals surface area (Å²) >= 11 is 0. The normalized spacial score (nSPS) is 18.3. The minimum absolute atomic E-state index is 0.0600. The largest absolute Gasteiger partial charge is 0.430 e. The Balaban J connectivity index is 2.09. The summed E-state index contributed by atoms with van der Waals surface area (Å²) in [5.41, 5.74) is -0.708. The van der Waals surface area contributed by atoms with E-state index < -0.39 is 11.2 Å². The van der Waals surface area contributed by atoms with Crippen molar-refractivity contribution in [3.8, 4) is 0 Å². The highest BCUT2D eigenvalue weighted by molar-refractivity contribution is 5.94. The quantitative estimate of drug-likeness (QED) is 0.842. The van der Waals surface area contributed by atoms with Crippen molar-refractivity contribution in [2.24, 2.45) is 0 Å². The molecule has 0 unspecified atom stereocenters. The number of nitrogens with one attached hydrogen (secondary N) is 1. The van der Waals surface area contributed by atoms with Crippen molar-refractivity contribution < 1.29 is 14.3 Å².